The van der Waals surface area contributed by atoms with E-state index in [4.69, 9.17) is 28.4 Å². The smallest absolute Gasteiger partial charge is 0.333 e. The maximum absolute atomic E-state index is 15.9. The van der Waals surface area contributed by atoms with E-state index in [0.717, 1.165) is 45.3 Å². The van der Waals surface area contributed by atoms with Crippen LogP contribution >= 0.6 is 56.7 Å². The zero-order valence-electron chi connectivity index (χ0n) is 43.5. The van der Waals surface area contributed by atoms with Gasteiger partial charge in [-0.2, -0.15) is 21.0 Å². The fourth-order valence-corrected chi connectivity index (χ4v) is 16.4. The molecule has 0 N–H and O–H groups in total. The summed E-state index contributed by atoms with van der Waals surface area (Å²) in [4.78, 5) is 74.6. The number of hydrogen-bond donors (Lipinski definition) is 0. The first kappa shape index (κ1) is 55.1. The molecule has 9 aromatic rings. The van der Waals surface area contributed by atoms with Crippen LogP contribution in [-0.4, -0.2) is 49.5 Å². The van der Waals surface area contributed by atoms with E-state index in [-0.39, 0.29) is 75.0 Å². The van der Waals surface area contributed by atoms with Gasteiger partial charge in [0.1, 0.15) is 72.2 Å². The average molecular weight is 1190 g/mol. The zero-order chi connectivity index (χ0) is 57.8. The van der Waals surface area contributed by atoms with E-state index in [1.807, 2.05) is 24.3 Å². The lowest BCUT2D eigenvalue weighted by molar-refractivity contribution is -0.165. The van der Waals surface area contributed by atoms with E-state index >= 15 is 19.2 Å². The Morgan fingerprint density at radius 3 is 1.28 bits per heavy atom. The molecule has 21 heteroatoms. The molecule has 0 aliphatic heterocycles. The van der Waals surface area contributed by atoms with Gasteiger partial charge < -0.3 is 28.4 Å². The predicted octanol–water partition coefficient (Wildman–Crippen LogP) is 13.1. The molecule has 4 aromatic carbocycles. The number of esters is 4. The molecule has 16 nitrogen and oxygen atoms in total. The third-order valence-corrected chi connectivity index (χ3v) is 19.6. The lowest BCUT2D eigenvalue weighted by Crippen LogP contribution is -2.46. The van der Waals surface area contributed by atoms with E-state index in [1.54, 1.807) is 140 Å². The summed E-state index contributed by atoms with van der Waals surface area (Å²) in [5.74, 6) is -3.50. The van der Waals surface area contributed by atoms with Gasteiger partial charge in [0.2, 0.25) is 22.3 Å². The van der Waals surface area contributed by atoms with E-state index in [0.29, 0.717) is 61.8 Å². The number of hydrogen-bond acceptors (Lipinski definition) is 21. The van der Waals surface area contributed by atoms with Gasteiger partial charge in [-0.1, -0.05) is 121 Å². The zero-order valence-corrected chi connectivity index (χ0v) is 47.6. The van der Waals surface area contributed by atoms with Crippen LogP contribution in [-0.2, 0) is 75.4 Å². The van der Waals surface area contributed by atoms with Crippen molar-refractivity contribution in [3.05, 3.63) is 188 Å². The monoisotopic (exact) mass is 1190 g/mol. The number of nitrogens with zero attached hydrogens (tertiary/aromatic N) is 6. The molecular weight excluding hydrogens is 1150 g/mol. The van der Waals surface area contributed by atoms with Crippen molar-refractivity contribution < 1.29 is 47.6 Å². The van der Waals surface area contributed by atoms with Gasteiger partial charge in [0, 0.05) is 44.2 Å². The molecule has 5 aromatic heterocycles. The standard InChI is InChI=1S/C62H38N6O10S5/c1-73-43-25-47(67-39(27-63)28-64)81-51(43)41-23-45-49(61(41,57(69)75-31-35-15-7-3-8-16-35)58(70)76-32-36-17-9-4-10-18-36)54-56(79-45)50-55(83-54)52-42(24-46(80-52)53-44(74-2)26-48(82-53)68-40(29-65)30-66)62(50,59(71)77-33-37-19-11-5-12-20-37)60(72)78-34-38-21-13-6-14-22-38/h3-26H,31-34H2,1-2H3. The van der Waals surface area contributed by atoms with Crippen molar-refractivity contribution >= 4 is 123 Å². The second-order valence-corrected chi connectivity index (χ2v) is 23.5. The molecule has 11 rings (SSSR count). The van der Waals surface area contributed by atoms with Crippen LogP contribution in [0.4, 0.5) is 10.0 Å². The van der Waals surface area contributed by atoms with Crippen LogP contribution in [0.3, 0.4) is 0 Å². The van der Waals surface area contributed by atoms with E-state index in [2.05, 4.69) is 9.98 Å². The molecule has 0 fully saturated rings. The molecular formula is C62H38N6O10S5. The number of thiophene rings is 5. The van der Waals surface area contributed by atoms with E-state index in [9.17, 15) is 21.0 Å². The normalized spacial score (nSPS) is 12.8. The quantitative estimate of drug-likeness (QED) is 0.0336. The molecule has 2 aliphatic carbocycles. The third kappa shape index (κ3) is 9.82. The first-order valence-electron chi connectivity index (χ1n) is 25.0. The highest BCUT2D eigenvalue weighted by atomic mass is 32.1. The number of benzene rings is 4. The first-order chi connectivity index (χ1) is 40.5. The van der Waals surface area contributed by atoms with Crippen molar-refractivity contribution in [2.45, 2.75) is 37.3 Å². The van der Waals surface area contributed by atoms with Gasteiger partial charge in [0.25, 0.3) is 0 Å². The van der Waals surface area contributed by atoms with Gasteiger partial charge in [-0.05, 0) is 34.4 Å². The lowest BCUT2D eigenvalue weighted by atomic mass is 9.76. The highest BCUT2D eigenvalue weighted by Gasteiger charge is 2.64. The Labute approximate surface area is 493 Å². The SMILES string of the molecule is COc1cc(N=C(C#N)C#N)sc1C1=Cc2sc3c4c(sc3c2C1(C(=O)OCc1ccccc1)C(=O)OCc1ccccc1)-c1sc(-c2sc(N=C(C#N)C#N)cc2OC)cc1C4(C(=O)OCc1ccccc1)C(=O)OCc1ccccc1. The van der Waals surface area contributed by atoms with E-state index < -0.39 is 40.4 Å². The van der Waals surface area contributed by atoms with Crippen LogP contribution in [0.1, 0.15) is 48.7 Å². The van der Waals surface area contributed by atoms with Crippen molar-refractivity contribution in [1.29, 1.82) is 21.0 Å². The van der Waals surface area contributed by atoms with Gasteiger partial charge >= 0.3 is 23.9 Å². The topological polar surface area (TPSA) is 244 Å². The number of ether oxygens (including phenoxy) is 6. The number of rotatable bonds is 18. The van der Waals surface area contributed by atoms with Gasteiger partial charge in [-0.15, -0.1) is 56.7 Å². The van der Waals surface area contributed by atoms with Gasteiger partial charge in [-0.3, -0.25) is 19.2 Å². The molecule has 0 atom stereocenters. The Bertz CT molecular complexity index is 4190. The summed E-state index contributed by atoms with van der Waals surface area (Å²) in [5.41, 5.74) is -2.50. The third-order valence-electron chi connectivity index (χ3n) is 13.5. The minimum atomic E-state index is -2.47. The second kappa shape index (κ2) is 23.3. The van der Waals surface area contributed by atoms with Crippen LogP contribution in [0.2, 0.25) is 0 Å². The molecule has 5 heterocycles. The number of fused-ring (bicyclic) bond motifs is 7. The van der Waals surface area contributed by atoms with Gasteiger partial charge in [-0.25, -0.2) is 9.98 Å². The Kier molecular flexibility index (Phi) is 15.5. The highest BCUT2D eigenvalue weighted by molar-refractivity contribution is 7.33. The Balaban J connectivity index is 1.19. The van der Waals surface area contributed by atoms with Crippen LogP contribution in [0.5, 0.6) is 11.5 Å². The Morgan fingerprint density at radius 1 is 0.458 bits per heavy atom. The Hall–Kier alpha value is -9.84. The molecule has 0 spiro atoms. The molecule has 83 heavy (non-hydrogen) atoms. The highest BCUT2D eigenvalue weighted by Crippen LogP contribution is 2.66. The molecule has 0 saturated carbocycles. The number of carbonyl (C=O) groups is 4. The average Bonchev–Trinajstić information content (AvgIpc) is 3.69. The van der Waals surface area contributed by atoms with Crippen molar-refractivity contribution in [2.75, 3.05) is 14.2 Å². The van der Waals surface area contributed by atoms with Gasteiger partial charge in [0.15, 0.2) is 0 Å². The fourth-order valence-electron chi connectivity index (χ4n) is 9.81. The van der Waals surface area contributed by atoms with E-state index in [1.165, 1.54) is 31.6 Å². The molecule has 0 unspecified atom stereocenters. The maximum Gasteiger partial charge on any atom is 0.333 e. The molecule has 2 aliphatic rings. The summed E-state index contributed by atoms with van der Waals surface area (Å²) in [5, 5.41) is 39.1. The van der Waals surface area contributed by atoms with Crippen molar-refractivity contribution in [2.24, 2.45) is 9.98 Å². The molecule has 0 radical (unpaired) electrons. The van der Waals surface area contributed by atoms with Crippen molar-refractivity contribution in [3.63, 3.8) is 0 Å². The van der Waals surface area contributed by atoms with Crippen LogP contribution < -0.4 is 9.47 Å². The summed E-state index contributed by atoms with van der Waals surface area (Å²) in [6, 6.07) is 47.6. The lowest BCUT2D eigenvalue weighted by Gasteiger charge is -2.29. The summed E-state index contributed by atoms with van der Waals surface area (Å²) in [6.45, 7) is -1.02. The minimum Gasteiger partial charge on any atom is -0.495 e. The second-order valence-electron chi connectivity index (χ2n) is 18.3. The molecule has 0 saturated heterocycles. The summed E-state index contributed by atoms with van der Waals surface area (Å²) < 4.78 is 37.6. The summed E-state index contributed by atoms with van der Waals surface area (Å²) in [6.07, 6.45) is 1.66. The van der Waals surface area contributed by atoms with Gasteiger partial charge in [0.05, 0.1) is 43.1 Å². The van der Waals surface area contributed by atoms with Crippen LogP contribution in [0, 0.1) is 45.3 Å². The van der Waals surface area contributed by atoms with Crippen molar-refractivity contribution in [1.82, 2.24) is 0 Å². The summed E-state index contributed by atoms with van der Waals surface area (Å²) >= 11 is 5.60. The molecule has 0 bridgehead atoms. The molecule has 406 valence electrons. The number of carbonyl (C=O) groups excluding carboxylic acids is 4. The largest absolute Gasteiger partial charge is 0.495 e. The first-order valence-corrected chi connectivity index (χ1v) is 29.0. The molecule has 0 amide bonds. The van der Waals surface area contributed by atoms with Crippen LogP contribution in [0.15, 0.2) is 150 Å². The van der Waals surface area contributed by atoms with Crippen molar-refractivity contribution in [3.8, 4) is 55.3 Å². The Morgan fingerprint density at radius 2 is 0.855 bits per heavy atom. The number of aliphatic imine (C=N–C) groups is 2. The minimum absolute atomic E-state index is 0.0817. The predicted molar refractivity (Wildman–Crippen MR) is 316 cm³/mol. The maximum atomic E-state index is 15.9. The fraction of sp³-hybridized carbons (Fsp3) is 0.129. The number of nitriles is 4. The number of methoxy groups -OCH3 is 2. The summed E-state index contributed by atoms with van der Waals surface area (Å²) in [7, 11) is 2.84. The van der Waals surface area contributed by atoms with Crippen LogP contribution in [0.25, 0.3) is 40.6 Å².